The third kappa shape index (κ3) is 3.44. The Bertz CT molecular complexity index is 416. The van der Waals surface area contributed by atoms with Gasteiger partial charge < -0.3 is 10.0 Å². The van der Waals surface area contributed by atoms with Gasteiger partial charge in [-0.2, -0.15) is 0 Å². The topological polar surface area (TPSA) is 82.5 Å². The van der Waals surface area contributed by atoms with Crippen LogP contribution < -0.4 is 5.32 Å². The first-order valence-corrected chi connectivity index (χ1v) is 5.34. The molecule has 0 spiro atoms. The van der Waals surface area contributed by atoms with Crippen molar-refractivity contribution in [3.8, 4) is 0 Å². The van der Waals surface area contributed by atoms with Crippen molar-refractivity contribution in [2.45, 2.75) is 13.8 Å². The van der Waals surface area contributed by atoms with Crippen LogP contribution in [0.3, 0.4) is 0 Å². The number of carbonyl (C=O) groups is 2. The number of carboxylic acids is 1. The van der Waals surface area contributed by atoms with Crippen LogP contribution in [-0.2, 0) is 0 Å². The van der Waals surface area contributed by atoms with Gasteiger partial charge in [0, 0.05) is 13.1 Å². The Morgan fingerprint density at radius 1 is 1.35 bits per heavy atom. The van der Waals surface area contributed by atoms with Crippen LogP contribution in [0.5, 0.6) is 0 Å². The maximum atomic E-state index is 11.7. The van der Waals surface area contributed by atoms with E-state index in [1.807, 2.05) is 13.8 Å². The van der Waals surface area contributed by atoms with Gasteiger partial charge in [-0.25, -0.2) is 14.6 Å². The molecule has 1 rings (SSSR count). The number of nitrogens with one attached hydrogen (secondary N) is 1. The van der Waals surface area contributed by atoms with E-state index in [-0.39, 0.29) is 17.5 Å². The van der Waals surface area contributed by atoms with Gasteiger partial charge in [-0.15, -0.1) is 0 Å². The quantitative estimate of drug-likeness (QED) is 0.834. The van der Waals surface area contributed by atoms with Gasteiger partial charge in [0.1, 0.15) is 5.82 Å². The largest absolute Gasteiger partial charge is 0.477 e. The van der Waals surface area contributed by atoms with Crippen molar-refractivity contribution in [2.75, 3.05) is 18.4 Å². The number of anilines is 1. The Kier molecular flexibility index (Phi) is 4.45. The number of rotatable bonds is 4. The Labute approximate surface area is 99.3 Å². The van der Waals surface area contributed by atoms with E-state index >= 15 is 0 Å². The fourth-order valence-corrected chi connectivity index (χ4v) is 1.32. The maximum Gasteiger partial charge on any atom is 0.354 e. The minimum atomic E-state index is -1.12. The first-order valence-electron chi connectivity index (χ1n) is 5.34. The predicted octanol–water partition coefficient (Wildman–Crippen LogP) is 1.65. The summed E-state index contributed by atoms with van der Waals surface area (Å²) >= 11 is 0. The molecule has 1 heterocycles. The van der Waals surface area contributed by atoms with Crippen LogP contribution in [0.25, 0.3) is 0 Å². The van der Waals surface area contributed by atoms with Crippen LogP contribution in [0, 0.1) is 0 Å². The second-order valence-corrected chi connectivity index (χ2v) is 3.32. The highest BCUT2D eigenvalue weighted by molar-refractivity contribution is 5.90. The molecule has 0 saturated carbocycles. The van der Waals surface area contributed by atoms with E-state index in [1.54, 1.807) is 11.0 Å². The molecule has 0 fully saturated rings. The van der Waals surface area contributed by atoms with E-state index in [0.717, 1.165) is 0 Å². The van der Waals surface area contributed by atoms with Crippen LogP contribution in [0.15, 0.2) is 18.2 Å². The van der Waals surface area contributed by atoms with E-state index in [1.165, 1.54) is 12.1 Å². The molecule has 0 unspecified atom stereocenters. The van der Waals surface area contributed by atoms with Crippen LogP contribution in [0.2, 0.25) is 0 Å². The number of pyridine rings is 1. The zero-order valence-electron chi connectivity index (χ0n) is 9.80. The van der Waals surface area contributed by atoms with Crippen LogP contribution in [0.4, 0.5) is 10.6 Å². The monoisotopic (exact) mass is 237 g/mol. The van der Waals surface area contributed by atoms with Gasteiger partial charge >= 0.3 is 12.0 Å². The van der Waals surface area contributed by atoms with E-state index in [9.17, 15) is 9.59 Å². The number of hydrogen-bond donors (Lipinski definition) is 2. The Morgan fingerprint density at radius 2 is 2.00 bits per heavy atom. The zero-order chi connectivity index (χ0) is 12.8. The number of aromatic nitrogens is 1. The molecule has 1 aromatic heterocycles. The Hall–Kier alpha value is -2.11. The third-order valence-corrected chi connectivity index (χ3v) is 2.25. The van der Waals surface area contributed by atoms with E-state index in [4.69, 9.17) is 5.11 Å². The third-order valence-electron chi connectivity index (χ3n) is 2.25. The van der Waals surface area contributed by atoms with Crippen LogP contribution in [-0.4, -0.2) is 40.1 Å². The molecule has 92 valence electrons. The molecule has 0 saturated heterocycles. The molecule has 0 aliphatic heterocycles. The molecule has 0 atom stereocenters. The summed E-state index contributed by atoms with van der Waals surface area (Å²) < 4.78 is 0. The second-order valence-electron chi connectivity index (χ2n) is 3.32. The van der Waals surface area contributed by atoms with E-state index in [2.05, 4.69) is 10.3 Å². The lowest BCUT2D eigenvalue weighted by atomic mass is 10.3. The molecular weight excluding hydrogens is 222 g/mol. The Balaban J connectivity index is 2.78. The highest BCUT2D eigenvalue weighted by Crippen LogP contribution is 2.06. The molecule has 0 aliphatic rings. The lowest BCUT2D eigenvalue weighted by molar-refractivity contribution is 0.0690. The van der Waals surface area contributed by atoms with Crippen molar-refractivity contribution < 1.29 is 14.7 Å². The number of nitrogens with zero attached hydrogens (tertiary/aromatic N) is 2. The minimum Gasteiger partial charge on any atom is -0.477 e. The standard InChI is InChI=1S/C11H15N3O3/c1-3-14(4-2)11(17)13-9-7-5-6-8(12-9)10(15)16/h5-7H,3-4H2,1-2H3,(H,15,16)(H,12,13,17). The maximum absolute atomic E-state index is 11.7. The first-order chi connectivity index (χ1) is 8.08. The Morgan fingerprint density at radius 3 is 2.53 bits per heavy atom. The summed E-state index contributed by atoms with van der Waals surface area (Å²) in [6.45, 7) is 4.90. The van der Waals surface area contributed by atoms with Gasteiger partial charge in [-0.1, -0.05) is 6.07 Å². The van der Waals surface area contributed by atoms with Crippen LogP contribution >= 0.6 is 0 Å². The lowest BCUT2D eigenvalue weighted by Crippen LogP contribution is -2.34. The molecule has 2 amide bonds. The highest BCUT2D eigenvalue weighted by Gasteiger charge is 2.11. The number of aromatic carboxylic acids is 1. The molecule has 0 radical (unpaired) electrons. The van der Waals surface area contributed by atoms with Gasteiger partial charge in [-0.05, 0) is 26.0 Å². The molecular formula is C11H15N3O3. The molecule has 0 bridgehead atoms. The predicted molar refractivity (Wildman–Crippen MR) is 63.1 cm³/mol. The number of amides is 2. The fourth-order valence-electron chi connectivity index (χ4n) is 1.32. The second kappa shape index (κ2) is 5.83. The zero-order valence-corrected chi connectivity index (χ0v) is 9.80. The van der Waals surface area contributed by atoms with Gasteiger partial charge in [0.25, 0.3) is 0 Å². The molecule has 2 N–H and O–H groups in total. The normalized spacial score (nSPS) is 9.76. The molecule has 6 heteroatoms. The summed E-state index contributed by atoms with van der Waals surface area (Å²) in [6, 6.07) is 4.17. The van der Waals surface area contributed by atoms with Crippen molar-refractivity contribution in [1.29, 1.82) is 0 Å². The molecule has 0 aliphatic carbocycles. The fraction of sp³-hybridized carbons (Fsp3) is 0.364. The molecule has 17 heavy (non-hydrogen) atoms. The van der Waals surface area contributed by atoms with Gasteiger partial charge in [0.2, 0.25) is 0 Å². The van der Waals surface area contributed by atoms with Crippen molar-refractivity contribution in [3.63, 3.8) is 0 Å². The van der Waals surface area contributed by atoms with Gasteiger partial charge in [-0.3, -0.25) is 5.32 Å². The summed E-state index contributed by atoms with van der Waals surface area (Å²) in [4.78, 5) is 27.8. The number of carboxylic acid groups (broad SMARTS) is 1. The SMILES string of the molecule is CCN(CC)C(=O)Nc1cccc(C(=O)O)n1. The summed E-state index contributed by atoms with van der Waals surface area (Å²) in [5.74, 6) is -0.884. The van der Waals surface area contributed by atoms with Crippen molar-refractivity contribution >= 4 is 17.8 Å². The van der Waals surface area contributed by atoms with E-state index in [0.29, 0.717) is 13.1 Å². The van der Waals surface area contributed by atoms with Crippen molar-refractivity contribution in [2.24, 2.45) is 0 Å². The number of hydrogen-bond acceptors (Lipinski definition) is 3. The van der Waals surface area contributed by atoms with Crippen LogP contribution in [0.1, 0.15) is 24.3 Å². The summed E-state index contributed by atoms with van der Waals surface area (Å²) in [6.07, 6.45) is 0. The summed E-state index contributed by atoms with van der Waals surface area (Å²) in [5, 5.41) is 11.3. The number of urea groups is 1. The summed E-state index contributed by atoms with van der Waals surface area (Å²) in [5.41, 5.74) is -0.0950. The molecule has 0 aromatic carbocycles. The molecule has 1 aromatic rings. The van der Waals surface area contributed by atoms with Crippen molar-refractivity contribution in [1.82, 2.24) is 9.88 Å². The average Bonchev–Trinajstić information content (AvgIpc) is 2.30. The van der Waals surface area contributed by atoms with E-state index < -0.39 is 5.97 Å². The highest BCUT2D eigenvalue weighted by atomic mass is 16.4. The summed E-state index contributed by atoms with van der Waals surface area (Å²) in [7, 11) is 0. The minimum absolute atomic E-state index is 0.0950. The van der Waals surface area contributed by atoms with Gasteiger partial charge in [0.05, 0.1) is 0 Å². The smallest absolute Gasteiger partial charge is 0.354 e. The molecule has 6 nitrogen and oxygen atoms in total. The van der Waals surface area contributed by atoms with Crippen molar-refractivity contribution in [3.05, 3.63) is 23.9 Å². The van der Waals surface area contributed by atoms with Gasteiger partial charge in [0.15, 0.2) is 5.69 Å². The first kappa shape index (κ1) is 13.0. The lowest BCUT2D eigenvalue weighted by Gasteiger charge is -2.18. The average molecular weight is 237 g/mol. The number of carbonyl (C=O) groups excluding carboxylic acids is 1.